The highest BCUT2D eigenvalue weighted by molar-refractivity contribution is 7.98. The Balaban J connectivity index is 1.68. The average Bonchev–Trinajstić information content (AvgIpc) is 3.53. The van der Waals surface area contributed by atoms with Gasteiger partial charge in [-0.05, 0) is 55.7 Å². The summed E-state index contributed by atoms with van der Waals surface area (Å²) in [4.78, 5) is 18.9. The Labute approximate surface area is 248 Å². The number of ether oxygens (including phenoxy) is 4. The molecular formula is C31H43N5O4S. The van der Waals surface area contributed by atoms with Crippen LogP contribution < -0.4 is 28.7 Å². The largest absolute Gasteiger partial charge is 0.497 e. The van der Waals surface area contributed by atoms with E-state index in [-0.39, 0.29) is 0 Å². The van der Waals surface area contributed by atoms with Gasteiger partial charge in [0.25, 0.3) is 0 Å². The van der Waals surface area contributed by atoms with E-state index in [0.29, 0.717) is 43.2 Å². The first-order valence-electron chi connectivity index (χ1n) is 14.3. The second-order valence-corrected chi connectivity index (χ2v) is 11.1. The van der Waals surface area contributed by atoms with Crippen LogP contribution in [0.2, 0.25) is 0 Å². The molecule has 4 rings (SSSR count). The van der Waals surface area contributed by atoms with Crippen LogP contribution in [0, 0.1) is 5.92 Å². The number of benzene rings is 1. The molecule has 0 unspecified atom stereocenters. The predicted molar refractivity (Wildman–Crippen MR) is 166 cm³/mol. The minimum Gasteiger partial charge on any atom is -0.497 e. The Morgan fingerprint density at radius 2 is 1.59 bits per heavy atom. The molecule has 1 saturated carbocycles. The van der Waals surface area contributed by atoms with Gasteiger partial charge in [0, 0.05) is 37.5 Å². The van der Waals surface area contributed by atoms with Gasteiger partial charge in [0.1, 0.15) is 11.5 Å². The Hall–Kier alpha value is -3.40. The van der Waals surface area contributed by atoms with Gasteiger partial charge >= 0.3 is 0 Å². The molecule has 2 heterocycles. The van der Waals surface area contributed by atoms with Crippen LogP contribution in [-0.4, -0.2) is 68.0 Å². The van der Waals surface area contributed by atoms with Crippen molar-refractivity contribution in [2.24, 2.45) is 5.92 Å². The minimum absolute atomic E-state index is 0.486. The summed E-state index contributed by atoms with van der Waals surface area (Å²) in [5.74, 6) is 4.90. The normalized spacial score (nSPS) is 13.2. The van der Waals surface area contributed by atoms with E-state index in [1.165, 1.54) is 25.7 Å². The van der Waals surface area contributed by atoms with Gasteiger partial charge in [0.2, 0.25) is 11.8 Å². The molecule has 0 aliphatic heterocycles. The number of thioether (sulfide) groups is 1. The van der Waals surface area contributed by atoms with Gasteiger partial charge < -0.3 is 28.7 Å². The van der Waals surface area contributed by atoms with Crippen molar-refractivity contribution in [1.29, 1.82) is 0 Å². The van der Waals surface area contributed by atoms with Crippen molar-refractivity contribution in [3.63, 3.8) is 0 Å². The molecule has 0 spiro atoms. The molecular weight excluding hydrogens is 538 g/mol. The van der Waals surface area contributed by atoms with E-state index in [9.17, 15) is 0 Å². The van der Waals surface area contributed by atoms with Crippen LogP contribution in [0.5, 0.6) is 23.1 Å². The topological polar surface area (TPSA) is 82.1 Å². The molecule has 1 aromatic carbocycles. The molecule has 0 N–H and O–H groups in total. The molecule has 10 heteroatoms. The highest BCUT2D eigenvalue weighted by Gasteiger charge is 2.23. The number of hydrogen-bond donors (Lipinski definition) is 0. The molecule has 0 amide bonds. The molecule has 1 fully saturated rings. The molecule has 2 aromatic heterocycles. The van der Waals surface area contributed by atoms with E-state index in [4.69, 9.17) is 33.9 Å². The SMILES string of the molecule is CCN(CC1CCCC1)c1ccc(OC)nc1CN(Cc1cc(OC)cc(OC)c1)c1ncc(OCCSC)cn1. The van der Waals surface area contributed by atoms with E-state index in [2.05, 4.69) is 29.0 Å². The monoisotopic (exact) mass is 581 g/mol. The van der Waals surface area contributed by atoms with Gasteiger partial charge in [0.15, 0.2) is 5.75 Å². The summed E-state index contributed by atoms with van der Waals surface area (Å²) in [6.07, 6.45) is 10.8. The van der Waals surface area contributed by atoms with Crippen LogP contribution in [0.15, 0.2) is 42.7 Å². The molecule has 222 valence electrons. The van der Waals surface area contributed by atoms with Crippen molar-refractivity contribution in [1.82, 2.24) is 15.0 Å². The third-order valence-electron chi connectivity index (χ3n) is 7.39. The molecule has 0 bridgehead atoms. The number of nitrogens with zero attached hydrogens (tertiary/aromatic N) is 5. The number of hydrogen-bond acceptors (Lipinski definition) is 10. The summed E-state index contributed by atoms with van der Waals surface area (Å²) in [6.45, 7) is 5.77. The maximum absolute atomic E-state index is 5.80. The molecule has 0 atom stereocenters. The van der Waals surface area contributed by atoms with Gasteiger partial charge in [-0.1, -0.05) is 12.8 Å². The summed E-state index contributed by atoms with van der Waals surface area (Å²) in [6, 6.07) is 9.97. The van der Waals surface area contributed by atoms with Crippen molar-refractivity contribution in [3.05, 3.63) is 54.0 Å². The quantitative estimate of drug-likeness (QED) is 0.192. The zero-order chi connectivity index (χ0) is 29.0. The first-order valence-corrected chi connectivity index (χ1v) is 15.7. The number of aromatic nitrogens is 3. The fourth-order valence-corrected chi connectivity index (χ4v) is 5.49. The lowest BCUT2D eigenvalue weighted by molar-refractivity contribution is 0.341. The standard InChI is InChI=1S/C31H43N5O4S/c1-6-35(20-23-9-7-8-10-23)29-11-12-30(39-4)34-28(29)22-36(21-24-15-25(37-2)17-26(16-24)38-3)31-32-18-27(19-33-31)40-13-14-41-5/h11-12,15-19,23H,6-10,13-14,20-22H2,1-5H3. The van der Waals surface area contributed by atoms with Crippen LogP contribution >= 0.6 is 11.8 Å². The maximum atomic E-state index is 5.80. The fourth-order valence-electron chi connectivity index (χ4n) is 5.24. The van der Waals surface area contributed by atoms with Crippen molar-refractivity contribution in [2.75, 3.05) is 62.8 Å². The van der Waals surface area contributed by atoms with Gasteiger partial charge in [-0.3, -0.25) is 0 Å². The number of anilines is 2. The van der Waals surface area contributed by atoms with Gasteiger partial charge in [-0.15, -0.1) is 0 Å². The second-order valence-electron chi connectivity index (χ2n) is 10.1. The van der Waals surface area contributed by atoms with Gasteiger partial charge in [-0.25, -0.2) is 15.0 Å². The third-order valence-corrected chi connectivity index (χ3v) is 7.96. The highest BCUT2D eigenvalue weighted by Crippen LogP contribution is 2.31. The van der Waals surface area contributed by atoms with Gasteiger partial charge in [-0.2, -0.15) is 11.8 Å². The van der Waals surface area contributed by atoms with E-state index in [1.54, 1.807) is 45.5 Å². The first kappa shape index (κ1) is 30.6. The lowest BCUT2D eigenvalue weighted by atomic mass is 10.1. The third kappa shape index (κ3) is 8.55. The van der Waals surface area contributed by atoms with E-state index in [1.807, 2.05) is 24.3 Å². The fraction of sp³-hybridized carbons (Fsp3) is 0.516. The zero-order valence-electron chi connectivity index (χ0n) is 25.0. The summed E-state index contributed by atoms with van der Waals surface area (Å²) in [5.41, 5.74) is 3.04. The average molecular weight is 582 g/mol. The molecule has 9 nitrogen and oxygen atoms in total. The Morgan fingerprint density at radius 3 is 2.20 bits per heavy atom. The molecule has 3 aromatic rings. The van der Waals surface area contributed by atoms with Crippen LogP contribution in [0.4, 0.5) is 11.6 Å². The molecule has 1 aliphatic carbocycles. The first-order chi connectivity index (χ1) is 20.1. The summed E-state index contributed by atoms with van der Waals surface area (Å²) >= 11 is 1.74. The van der Waals surface area contributed by atoms with E-state index >= 15 is 0 Å². The summed E-state index contributed by atoms with van der Waals surface area (Å²) in [7, 11) is 4.97. The predicted octanol–water partition coefficient (Wildman–Crippen LogP) is 5.86. The lowest BCUT2D eigenvalue weighted by Gasteiger charge is -2.30. The Morgan fingerprint density at radius 1 is 0.878 bits per heavy atom. The van der Waals surface area contributed by atoms with E-state index in [0.717, 1.165) is 47.3 Å². The van der Waals surface area contributed by atoms with Crippen molar-refractivity contribution in [3.8, 4) is 23.1 Å². The second kappa shape index (κ2) is 15.6. The number of methoxy groups -OCH3 is 3. The minimum atomic E-state index is 0.486. The van der Waals surface area contributed by atoms with Crippen LogP contribution in [0.1, 0.15) is 43.9 Å². The smallest absolute Gasteiger partial charge is 0.226 e. The van der Waals surface area contributed by atoms with Crippen molar-refractivity contribution >= 4 is 23.4 Å². The molecule has 41 heavy (non-hydrogen) atoms. The highest BCUT2D eigenvalue weighted by atomic mass is 32.2. The zero-order valence-corrected chi connectivity index (χ0v) is 25.8. The summed E-state index contributed by atoms with van der Waals surface area (Å²) in [5, 5.41) is 0. The Kier molecular flexibility index (Phi) is 11.6. The Bertz CT molecular complexity index is 1200. The van der Waals surface area contributed by atoms with Gasteiger partial charge in [0.05, 0.1) is 58.3 Å². The molecule has 0 radical (unpaired) electrons. The molecule has 1 aliphatic rings. The number of rotatable bonds is 16. The summed E-state index contributed by atoms with van der Waals surface area (Å²) < 4.78 is 22.4. The van der Waals surface area contributed by atoms with Crippen LogP contribution in [-0.2, 0) is 13.1 Å². The lowest BCUT2D eigenvalue weighted by Crippen LogP contribution is -2.31. The van der Waals surface area contributed by atoms with Crippen molar-refractivity contribution in [2.45, 2.75) is 45.7 Å². The van der Waals surface area contributed by atoms with Crippen molar-refractivity contribution < 1.29 is 18.9 Å². The maximum Gasteiger partial charge on any atom is 0.226 e. The van der Waals surface area contributed by atoms with E-state index < -0.39 is 0 Å². The molecule has 0 saturated heterocycles. The van der Waals surface area contributed by atoms with Crippen LogP contribution in [0.3, 0.4) is 0 Å². The number of pyridine rings is 1. The van der Waals surface area contributed by atoms with Crippen LogP contribution in [0.25, 0.3) is 0 Å².